The molecule has 1 heterocycles. The first kappa shape index (κ1) is 12.2. The van der Waals surface area contributed by atoms with Crippen LogP contribution in [-0.4, -0.2) is 16.8 Å². The van der Waals surface area contributed by atoms with Crippen LogP contribution in [0, 0.1) is 0 Å². The Kier molecular flexibility index (Phi) is 3.28. The van der Waals surface area contributed by atoms with E-state index in [4.69, 9.17) is 34.8 Å². The smallest absolute Gasteiger partial charge is 0.287 e. The fourth-order valence-electron chi connectivity index (χ4n) is 1.25. The molecular formula is C10H5Cl3N2O2. The summed E-state index contributed by atoms with van der Waals surface area (Å²) in [5.74, 6) is -1.41. The molecule has 0 bridgehead atoms. The third-order valence-electron chi connectivity index (χ3n) is 2.08. The molecule has 0 fully saturated rings. The van der Waals surface area contributed by atoms with Crippen LogP contribution < -0.4 is 5.43 Å². The lowest BCUT2D eigenvalue weighted by molar-refractivity contribution is -0.135. The van der Waals surface area contributed by atoms with E-state index in [1.807, 2.05) is 0 Å². The summed E-state index contributed by atoms with van der Waals surface area (Å²) in [4.78, 5) is 23.1. The predicted molar refractivity (Wildman–Crippen MR) is 65.7 cm³/mol. The van der Waals surface area contributed by atoms with Crippen LogP contribution in [0.1, 0.15) is 0 Å². The van der Waals surface area contributed by atoms with E-state index in [9.17, 15) is 9.59 Å². The number of nitrogens with zero attached hydrogens (tertiary/aromatic N) is 1. The SMILES string of the molecule is O=C1C(Cl)=C(Cl)C(=O)N1Nc1ccccc1Cl. The summed E-state index contributed by atoms with van der Waals surface area (Å²) in [6, 6.07) is 6.66. The number of hydrogen-bond donors (Lipinski definition) is 1. The Balaban J connectivity index is 2.26. The maximum Gasteiger partial charge on any atom is 0.292 e. The number of benzene rings is 1. The monoisotopic (exact) mass is 290 g/mol. The third-order valence-corrected chi connectivity index (χ3v) is 3.21. The van der Waals surface area contributed by atoms with Crippen molar-refractivity contribution in [2.24, 2.45) is 0 Å². The van der Waals surface area contributed by atoms with Gasteiger partial charge in [-0.25, -0.2) is 0 Å². The van der Waals surface area contributed by atoms with E-state index in [1.54, 1.807) is 24.3 Å². The molecule has 4 nitrogen and oxygen atoms in total. The van der Waals surface area contributed by atoms with Crippen LogP contribution in [0.2, 0.25) is 5.02 Å². The molecule has 1 aliphatic rings. The second-order valence-corrected chi connectivity index (χ2v) is 4.33. The summed E-state index contributed by atoms with van der Waals surface area (Å²) in [6.45, 7) is 0. The standard InChI is InChI=1S/C10H5Cl3N2O2/c11-5-3-1-2-4-6(5)14-15-9(16)7(12)8(13)10(15)17/h1-4,14H. The molecule has 1 aliphatic heterocycles. The Morgan fingerprint density at radius 2 is 1.47 bits per heavy atom. The molecule has 2 rings (SSSR count). The Morgan fingerprint density at radius 1 is 0.941 bits per heavy atom. The van der Waals surface area contributed by atoms with Gasteiger partial charge in [-0.2, -0.15) is 5.01 Å². The summed E-state index contributed by atoms with van der Waals surface area (Å²) >= 11 is 17.0. The Labute approximate surface area is 112 Å². The number of hydrazine groups is 1. The lowest BCUT2D eigenvalue weighted by atomic mass is 10.3. The van der Waals surface area contributed by atoms with Crippen molar-refractivity contribution in [2.45, 2.75) is 0 Å². The predicted octanol–water partition coefficient (Wildman–Crippen LogP) is 2.72. The van der Waals surface area contributed by atoms with Crippen molar-refractivity contribution < 1.29 is 9.59 Å². The number of hydrogen-bond acceptors (Lipinski definition) is 3. The molecule has 1 N–H and O–H groups in total. The molecule has 0 aromatic heterocycles. The van der Waals surface area contributed by atoms with Crippen molar-refractivity contribution >= 4 is 52.3 Å². The van der Waals surface area contributed by atoms with Crippen molar-refractivity contribution in [3.63, 3.8) is 0 Å². The number of carbonyl (C=O) groups excluding carboxylic acids is 2. The first-order valence-electron chi connectivity index (χ1n) is 4.47. The van der Waals surface area contributed by atoms with E-state index in [-0.39, 0.29) is 10.1 Å². The molecule has 0 spiro atoms. The molecule has 0 saturated heterocycles. The van der Waals surface area contributed by atoms with Gasteiger partial charge in [-0.05, 0) is 12.1 Å². The molecule has 1 aromatic rings. The van der Waals surface area contributed by atoms with Gasteiger partial charge >= 0.3 is 0 Å². The van der Waals surface area contributed by atoms with Crippen molar-refractivity contribution in [1.29, 1.82) is 0 Å². The minimum Gasteiger partial charge on any atom is -0.287 e. The first-order valence-corrected chi connectivity index (χ1v) is 5.61. The summed E-state index contributed by atoms with van der Waals surface area (Å²) < 4.78 is 0. The molecule has 17 heavy (non-hydrogen) atoms. The van der Waals surface area contributed by atoms with E-state index < -0.39 is 11.8 Å². The van der Waals surface area contributed by atoms with E-state index in [1.165, 1.54) is 0 Å². The number of halogens is 3. The average Bonchev–Trinajstić information content (AvgIpc) is 2.50. The van der Waals surface area contributed by atoms with Gasteiger partial charge in [0.15, 0.2) is 0 Å². The second kappa shape index (κ2) is 4.56. The van der Waals surface area contributed by atoms with Gasteiger partial charge in [-0.1, -0.05) is 46.9 Å². The number of imide groups is 1. The fourth-order valence-corrected chi connectivity index (χ4v) is 1.76. The normalized spacial score (nSPS) is 15.8. The van der Waals surface area contributed by atoms with Crippen molar-refractivity contribution in [3.05, 3.63) is 39.4 Å². The largest absolute Gasteiger partial charge is 0.292 e. The Bertz CT molecular complexity index is 518. The van der Waals surface area contributed by atoms with Crippen LogP contribution in [0.4, 0.5) is 5.69 Å². The molecule has 0 unspecified atom stereocenters. The highest BCUT2D eigenvalue weighted by molar-refractivity contribution is 6.58. The molecule has 0 saturated carbocycles. The molecule has 0 atom stereocenters. The zero-order chi connectivity index (χ0) is 12.6. The summed E-state index contributed by atoms with van der Waals surface area (Å²) in [5.41, 5.74) is 2.97. The van der Waals surface area contributed by atoms with Crippen LogP contribution in [0.3, 0.4) is 0 Å². The lowest BCUT2D eigenvalue weighted by Gasteiger charge is -2.17. The lowest BCUT2D eigenvalue weighted by Crippen LogP contribution is -2.36. The van der Waals surface area contributed by atoms with Crippen LogP contribution in [0.25, 0.3) is 0 Å². The van der Waals surface area contributed by atoms with Crippen LogP contribution in [0.15, 0.2) is 34.3 Å². The average molecular weight is 292 g/mol. The van der Waals surface area contributed by atoms with Crippen LogP contribution in [0.5, 0.6) is 0 Å². The minimum absolute atomic E-state index is 0.309. The fraction of sp³-hybridized carbons (Fsp3) is 0. The van der Waals surface area contributed by atoms with Crippen molar-refractivity contribution in [3.8, 4) is 0 Å². The maximum absolute atomic E-state index is 11.6. The highest BCUT2D eigenvalue weighted by atomic mass is 35.5. The van der Waals surface area contributed by atoms with Crippen LogP contribution >= 0.6 is 34.8 Å². The molecule has 0 radical (unpaired) electrons. The van der Waals surface area contributed by atoms with Gasteiger partial charge in [0.25, 0.3) is 11.8 Å². The van der Waals surface area contributed by atoms with Crippen LogP contribution in [-0.2, 0) is 9.59 Å². The summed E-state index contributed by atoms with van der Waals surface area (Å²) in [5, 5.41) is 0.464. The number of para-hydroxylation sites is 1. The topological polar surface area (TPSA) is 49.4 Å². The van der Waals surface area contributed by atoms with Crippen molar-refractivity contribution in [2.75, 3.05) is 5.43 Å². The molecule has 88 valence electrons. The Hall–Kier alpha value is -1.23. The number of amides is 2. The number of rotatable bonds is 2. The number of carbonyl (C=O) groups is 2. The summed E-state index contributed by atoms with van der Waals surface area (Å²) in [6.07, 6.45) is 0. The van der Waals surface area contributed by atoms with Gasteiger partial charge in [0, 0.05) is 0 Å². The summed E-state index contributed by atoms with van der Waals surface area (Å²) in [7, 11) is 0. The zero-order valence-electron chi connectivity index (χ0n) is 8.21. The van der Waals surface area contributed by atoms with E-state index in [0.717, 1.165) is 0 Å². The molecule has 7 heteroatoms. The molecule has 2 amide bonds. The van der Waals surface area contributed by atoms with E-state index >= 15 is 0 Å². The van der Waals surface area contributed by atoms with Gasteiger partial charge in [0.1, 0.15) is 10.1 Å². The van der Waals surface area contributed by atoms with Gasteiger partial charge in [-0.15, -0.1) is 0 Å². The molecular weight excluding hydrogens is 286 g/mol. The van der Waals surface area contributed by atoms with E-state index in [0.29, 0.717) is 15.7 Å². The van der Waals surface area contributed by atoms with Gasteiger partial charge in [0.2, 0.25) is 0 Å². The highest BCUT2D eigenvalue weighted by Crippen LogP contribution is 2.28. The Morgan fingerprint density at radius 3 is 2.00 bits per heavy atom. The maximum atomic E-state index is 11.6. The molecule has 0 aliphatic carbocycles. The quantitative estimate of drug-likeness (QED) is 0.852. The number of anilines is 1. The van der Waals surface area contributed by atoms with Gasteiger partial charge in [0.05, 0.1) is 10.7 Å². The van der Waals surface area contributed by atoms with Gasteiger partial charge < -0.3 is 0 Å². The zero-order valence-corrected chi connectivity index (χ0v) is 10.5. The number of nitrogens with one attached hydrogen (secondary N) is 1. The van der Waals surface area contributed by atoms with E-state index in [2.05, 4.69) is 5.43 Å². The second-order valence-electron chi connectivity index (χ2n) is 3.17. The molecule has 1 aromatic carbocycles. The highest BCUT2D eigenvalue weighted by Gasteiger charge is 2.37. The third kappa shape index (κ3) is 2.11. The minimum atomic E-state index is -0.707. The first-order chi connectivity index (χ1) is 8.02. The van der Waals surface area contributed by atoms with Gasteiger partial charge in [-0.3, -0.25) is 15.0 Å². The van der Waals surface area contributed by atoms with Crippen molar-refractivity contribution in [1.82, 2.24) is 5.01 Å².